The number of hydrogen-bond donors (Lipinski definition) is 0. The molecule has 2 aromatic heterocycles. The van der Waals surface area contributed by atoms with Crippen molar-refractivity contribution in [3.05, 3.63) is 64.6 Å². The van der Waals surface area contributed by atoms with Crippen LogP contribution in [0.1, 0.15) is 34.6 Å². The van der Waals surface area contributed by atoms with Gasteiger partial charge in [-0.05, 0) is 38.3 Å². The Bertz CT molecular complexity index is 1230. The van der Waals surface area contributed by atoms with E-state index in [4.69, 9.17) is 0 Å². The van der Waals surface area contributed by atoms with Gasteiger partial charge < -0.3 is 4.90 Å². The molecule has 0 atom stereocenters. The second kappa shape index (κ2) is 8.99. The second-order valence-electron chi connectivity index (χ2n) is 8.34. The lowest BCUT2D eigenvalue weighted by atomic mass is 10.1. The minimum atomic E-state index is -3.39. The van der Waals surface area contributed by atoms with Crippen LogP contribution in [0.3, 0.4) is 0 Å². The molecule has 0 bridgehead atoms. The smallest absolute Gasteiger partial charge is 0.222 e. The highest BCUT2D eigenvalue weighted by molar-refractivity contribution is 7.88. The molecule has 1 aliphatic heterocycles. The molecule has 0 spiro atoms. The number of hydrogen-bond acceptors (Lipinski definition) is 5. The average molecular weight is 456 g/mol. The topological polar surface area (TPSA) is 87.9 Å². The van der Waals surface area contributed by atoms with E-state index in [0.29, 0.717) is 39.0 Å². The summed E-state index contributed by atoms with van der Waals surface area (Å²) >= 11 is 0. The summed E-state index contributed by atoms with van der Waals surface area (Å²) < 4.78 is 28.8. The van der Waals surface area contributed by atoms with E-state index < -0.39 is 10.0 Å². The van der Waals surface area contributed by atoms with Crippen LogP contribution in [0.25, 0.3) is 5.65 Å². The molecule has 170 valence electrons. The van der Waals surface area contributed by atoms with Crippen LogP contribution in [0.4, 0.5) is 0 Å². The first-order valence-corrected chi connectivity index (χ1v) is 12.5. The van der Waals surface area contributed by atoms with Gasteiger partial charge >= 0.3 is 0 Å². The molecular formula is C23H29N5O3S. The molecule has 1 saturated heterocycles. The number of piperazine rings is 1. The Morgan fingerprint density at radius 2 is 1.72 bits per heavy atom. The Balaban J connectivity index is 1.35. The number of fused-ring (bicyclic) bond motifs is 1. The number of rotatable bonds is 6. The van der Waals surface area contributed by atoms with Crippen molar-refractivity contribution in [1.29, 1.82) is 0 Å². The molecule has 1 fully saturated rings. The molecule has 9 heteroatoms. The predicted molar refractivity (Wildman–Crippen MR) is 123 cm³/mol. The van der Waals surface area contributed by atoms with E-state index in [1.54, 1.807) is 4.90 Å². The Hall–Kier alpha value is -2.78. The summed E-state index contributed by atoms with van der Waals surface area (Å²) in [5, 5.41) is 4.49. The van der Waals surface area contributed by atoms with Crippen LogP contribution < -0.4 is 0 Å². The van der Waals surface area contributed by atoms with E-state index in [1.807, 2.05) is 61.7 Å². The van der Waals surface area contributed by atoms with Gasteiger partial charge in [0.05, 0.1) is 11.4 Å². The van der Waals surface area contributed by atoms with E-state index in [-0.39, 0.29) is 11.7 Å². The standard InChI is InChI=1S/C23H29N5O3S/c1-17-15-22-24-18(2)21(19(3)28(22)25-17)9-10-23(29)26-11-13-27(14-12-26)32(30,31)16-20-7-5-4-6-8-20/h4-8,15H,9-14,16H2,1-3H3. The number of nitrogens with zero attached hydrogens (tertiary/aromatic N) is 5. The van der Waals surface area contributed by atoms with Crippen LogP contribution in [0.2, 0.25) is 0 Å². The SMILES string of the molecule is Cc1cc2nc(C)c(CCC(=O)N3CCN(S(=O)(=O)Cc4ccccc4)CC3)c(C)n2n1. The van der Waals surface area contributed by atoms with E-state index in [1.165, 1.54) is 4.31 Å². The maximum Gasteiger partial charge on any atom is 0.222 e. The molecule has 1 amide bonds. The highest BCUT2D eigenvalue weighted by atomic mass is 32.2. The first-order chi connectivity index (χ1) is 15.2. The van der Waals surface area contributed by atoms with Gasteiger partial charge in [0.1, 0.15) is 0 Å². The van der Waals surface area contributed by atoms with Crippen molar-refractivity contribution in [1.82, 2.24) is 23.8 Å². The van der Waals surface area contributed by atoms with Crippen molar-refractivity contribution in [3.63, 3.8) is 0 Å². The second-order valence-corrected chi connectivity index (χ2v) is 10.3. The van der Waals surface area contributed by atoms with Crippen LogP contribution in [0.5, 0.6) is 0 Å². The highest BCUT2D eigenvalue weighted by Crippen LogP contribution is 2.19. The van der Waals surface area contributed by atoms with Crippen LogP contribution >= 0.6 is 0 Å². The summed E-state index contributed by atoms with van der Waals surface area (Å²) in [6.45, 7) is 7.40. The lowest BCUT2D eigenvalue weighted by Gasteiger charge is -2.34. The number of carbonyl (C=O) groups excluding carboxylic acids is 1. The first kappa shape index (κ1) is 22.4. The van der Waals surface area contributed by atoms with Gasteiger partial charge in [0.2, 0.25) is 15.9 Å². The van der Waals surface area contributed by atoms with Gasteiger partial charge in [0, 0.05) is 50.1 Å². The number of amides is 1. The van der Waals surface area contributed by atoms with Crippen molar-refractivity contribution in [2.75, 3.05) is 26.2 Å². The molecule has 3 aromatic rings. The molecule has 1 aliphatic rings. The predicted octanol–water partition coefficient (Wildman–Crippen LogP) is 2.26. The summed E-state index contributed by atoms with van der Waals surface area (Å²) in [6.07, 6.45) is 0.955. The monoisotopic (exact) mass is 455 g/mol. The van der Waals surface area contributed by atoms with Crippen LogP contribution in [-0.4, -0.2) is 64.3 Å². The molecule has 32 heavy (non-hydrogen) atoms. The molecule has 4 rings (SSSR count). The van der Waals surface area contributed by atoms with Crippen molar-refractivity contribution < 1.29 is 13.2 Å². The zero-order chi connectivity index (χ0) is 22.9. The fourth-order valence-electron chi connectivity index (χ4n) is 4.28. The van der Waals surface area contributed by atoms with E-state index in [0.717, 1.165) is 33.9 Å². The van der Waals surface area contributed by atoms with Crippen molar-refractivity contribution in [2.24, 2.45) is 0 Å². The maximum atomic E-state index is 12.8. The van der Waals surface area contributed by atoms with Crippen LogP contribution in [0.15, 0.2) is 36.4 Å². The number of sulfonamides is 1. The molecule has 0 unspecified atom stereocenters. The number of carbonyl (C=O) groups is 1. The first-order valence-electron chi connectivity index (χ1n) is 10.9. The molecular weight excluding hydrogens is 426 g/mol. The largest absolute Gasteiger partial charge is 0.340 e. The minimum absolute atomic E-state index is 0.0112. The third-order valence-electron chi connectivity index (χ3n) is 6.05. The molecule has 0 N–H and O–H groups in total. The van der Waals surface area contributed by atoms with Gasteiger partial charge in [-0.1, -0.05) is 30.3 Å². The Labute approximate surface area is 188 Å². The Morgan fingerprint density at radius 1 is 1.03 bits per heavy atom. The van der Waals surface area contributed by atoms with Gasteiger partial charge in [-0.25, -0.2) is 17.9 Å². The zero-order valence-electron chi connectivity index (χ0n) is 18.8. The van der Waals surface area contributed by atoms with Gasteiger partial charge in [0.15, 0.2) is 5.65 Å². The van der Waals surface area contributed by atoms with E-state index >= 15 is 0 Å². The molecule has 0 radical (unpaired) electrons. The zero-order valence-corrected chi connectivity index (χ0v) is 19.6. The summed E-state index contributed by atoms with van der Waals surface area (Å²) in [5.74, 6) is 0.0311. The fourth-order valence-corrected chi connectivity index (χ4v) is 5.80. The molecule has 8 nitrogen and oxygen atoms in total. The highest BCUT2D eigenvalue weighted by Gasteiger charge is 2.29. The van der Waals surface area contributed by atoms with Gasteiger partial charge in [-0.3, -0.25) is 4.79 Å². The number of benzene rings is 1. The van der Waals surface area contributed by atoms with Gasteiger partial charge in [-0.15, -0.1) is 0 Å². The lowest BCUT2D eigenvalue weighted by Crippen LogP contribution is -2.50. The summed E-state index contributed by atoms with van der Waals surface area (Å²) in [7, 11) is -3.39. The number of aromatic nitrogens is 3. The minimum Gasteiger partial charge on any atom is -0.340 e. The normalized spacial score (nSPS) is 15.4. The van der Waals surface area contributed by atoms with Crippen LogP contribution in [0, 0.1) is 20.8 Å². The van der Waals surface area contributed by atoms with Crippen LogP contribution in [-0.2, 0) is 27.0 Å². The third kappa shape index (κ3) is 4.68. The summed E-state index contributed by atoms with van der Waals surface area (Å²) in [6, 6.07) is 11.1. The van der Waals surface area contributed by atoms with Crippen molar-refractivity contribution in [2.45, 2.75) is 39.4 Å². The average Bonchev–Trinajstić information content (AvgIpc) is 3.14. The maximum absolute atomic E-state index is 12.8. The van der Waals surface area contributed by atoms with Crippen molar-refractivity contribution in [3.8, 4) is 0 Å². The molecule has 0 saturated carbocycles. The molecule has 3 heterocycles. The quantitative estimate of drug-likeness (QED) is 0.569. The van der Waals surface area contributed by atoms with Crippen molar-refractivity contribution >= 4 is 21.6 Å². The Morgan fingerprint density at radius 3 is 2.41 bits per heavy atom. The molecule has 0 aliphatic carbocycles. The lowest BCUT2D eigenvalue weighted by molar-refractivity contribution is -0.132. The van der Waals surface area contributed by atoms with E-state index in [2.05, 4.69) is 10.1 Å². The third-order valence-corrected chi connectivity index (χ3v) is 7.90. The van der Waals surface area contributed by atoms with E-state index in [9.17, 15) is 13.2 Å². The molecule has 1 aromatic carbocycles. The van der Waals surface area contributed by atoms with Gasteiger partial charge in [0.25, 0.3) is 0 Å². The summed E-state index contributed by atoms with van der Waals surface area (Å²) in [5.41, 5.74) is 5.46. The Kier molecular flexibility index (Phi) is 6.30. The summed E-state index contributed by atoms with van der Waals surface area (Å²) in [4.78, 5) is 19.2. The number of aryl methyl sites for hydroxylation is 3. The fraction of sp³-hybridized carbons (Fsp3) is 0.435. The van der Waals surface area contributed by atoms with Gasteiger partial charge in [-0.2, -0.15) is 9.40 Å².